The highest BCUT2D eigenvalue weighted by molar-refractivity contribution is 6.32. The summed E-state index contributed by atoms with van der Waals surface area (Å²) in [6.45, 7) is 1.84. The number of benzene rings is 2. The summed E-state index contributed by atoms with van der Waals surface area (Å²) in [7, 11) is 0. The first-order chi connectivity index (χ1) is 13.4. The molecule has 4 N–H and O–H groups in total. The molecule has 2 saturated heterocycles. The van der Waals surface area contributed by atoms with Gasteiger partial charge in [-0.1, -0.05) is 41.9 Å². The topological polar surface area (TPSA) is 91.9 Å². The number of carbonyl (C=O) groups is 3. The van der Waals surface area contributed by atoms with E-state index < -0.39 is 17.4 Å². The first-order valence-electron chi connectivity index (χ1n) is 9.29. The molecule has 3 aliphatic heterocycles. The molecule has 3 amide bonds. The fourth-order valence-corrected chi connectivity index (χ4v) is 5.31. The Morgan fingerprint density at radius 2 is 1.79 bits per heavy atom. The van der Waals surface area contributed by atoms with Crippen molar-refractivity contribution in [2.24, 2.45) is 11.8 Å². The summed E-state index contributed by atoms with van der Waals surface area (Å²) in [4.78, 5) is 38.7. The third-order valence-electron chi connectivity index (χ3n) is 6.39. The van der Waals surface area contributed by atoms with Crippen molar-refractivity contribution >= 4 is 35.0 Å². The Hall–Kier alpha value is -2.70. The summed E-state index contributed by atoms with van der Waals surface area (Å²) in [5.74, 6) is -2.23. The van der Waals surface area contributed by atoms with E-state index in [0.717, 1.165) is 16.7 Å². The standard InChI is InChI=1S/C21H18ClN3O3/c1-10-13(22)8-7-12-17(10)23-20(28)21(12)16-15(18(26)24-19(16)27)14(25-21)9-11-5-3-2-4-6-11/h2-8,14-16,25H,9H2,1H3,(H,23,28)(H,24,26,27)/p+1/t14-,15+,16-,21-/m0/s1. The van der Waals surface area contributed by atoms with Gasteiger partial charge in [0.1, 0.15) is 17.9 Å². The van der Waals surface area contributed by atoms with E-state index in [1.165, 1.54) is 0 Å². The Kier molecular flexibility index (Phi) is 3.66. The van der Waals surface area contributed by atoms with Gasteiger partial charge in [0.15, 0.2) is 0 Å². The zero-order valence-corrected chi connectivity index (χ0v) is 15.9. The summed E-state index contributed by atoms with van der Waals surface area (Å²) < 4.78 is 0. The van der Waals surface area contributed by atoms with Crippen LogP contribution >= 0.6 is 11.6 Å². The Morgan fingerprint density at radius 1 is 1.04 bits per heavy atom. The zero-order chi connectivity index (χ0) is 19.6. The number of nitrogens with two attached hydrogens (primary N) is 1. The van der Waals surface area contributed by atoms with E-state index in [9.17, 15) is 14.4 Å². The zero-order valence-electron chi connectivity index (χ0n) is 15.2. The highest BCUT2D eigenvalue weighted by Gasteiger charge is 2.72. The Labute approximate surface area is 166 Å². The molecule has 2 aromatic carbocycles. The summed E-state index contributed by atoms with van der Waals surface area (Å²) in [6, 6.07) is 13.2. The molecule has 5 rings (SSSR count). The predicted molar refractivity (Wildman–Crippen MR) is 102 cm³/mol. The highest BCUT2D eigenvalue weighted by atomic mass is 35.5. The number of fused-ring (bicyclic) bond motifs is 4. The third-order valence-corrected chi connectivity index (χ3v) is 6.80. The van der Waals surface area contributed by atoms with Gasteiger partial charge in [0.2, 0.25) is 17.4 Å². The van der Waals surface area contributed by atoms with Gasteiger partial charge >= 0.3 is 0 Å². The number of carbonyl (C=O) groups excluding carboxylic acids is 3. The SMILES string of the molecule is Cc1c(Cl)ccc2c1NC(=O)[C@]21[NH2+][C@@H](Cc2ccccc2)[C@H]2C(=O)NC(=O)[C@H]21. The second-order valence-corrected chi connectivity index (χ2v) is 8.20. The summed E-state index contributed by atoms with van der Waals surface area (Å²) in [5.41, 5.74) is 2.07. The lowest BCUT2D eigenvalue weighted by molar-refractivity contribution is -0.733. The number of rotatable bonds is 2. The maximum absolute atomic E-state index is 13.2. The van der Waals surface area contributed by atoms with Crippen LogP contribution in [0.25, 0.3) is 0 Å². The Morgan fingerprint density at radius 3 is 2.54 bits per heavy atom. The van der Waals surface area contributed by atoms with Gasteiger partial charge in [-0.05, 0) is 30.2 Å². The van der Waals surface area contributed by atoms with Crippen LogP contribution in [0.4, 0.5) is 5.69 Å². The van der Waals surface area contributed by atoms with Gasteiger partial charge in [-0.25, -0.2) is 0 Å². The van der Waals surface area contributed by atoms with Gasteiger partial charge in [-0.15, -0.1) is 0 Å². The van der Waals surface area contributed by atoms with Gasteiger partial charge in [0.05, 0.1) is 5.69 Å². The van der Waals surface area contributed by atoms with Crippen molar-refractivity contribution in [3.63, 3.8) is 0 Å². The second kappa shape index (κ2) is 5.90. The molecule has 6 nitrogen and oxygen atoms in total. The Balaban J connectivity index is 1.65. The third kappa shape index (κ3) is 2.16. The van der Waals surface area contributed by atoms with Crippen LogP contribution in [-0.2, 0) is 26.3 Å². The first kappa shape index (κ1) is 17.4. The number of nitrogens with one attached hydrogen (secondary N) is 2. The molecule has 0 radical (unpaired) electrons. The molecule has 2 aromatic rings. The second-order valence-electron chi connectivity index (χ2n) is 7.80. The molecular weight excluding hydrogens is 378 g/mol. The molecule has 7 heteroatoms. The van der Waals surface area contributed by atoms with Crippen molar-refractivity contribution in [2.75, 3.05) is 5.32 Å². The van der Waals surface area contributed by atoms with Crippen molar-refractivity contribution in [1.29, 1.82) is 0 Å². The lowest BCUT2D eigenvalue weighted by atomic mass is 9.76. The van der Waals surface area contributed by atoms with Crippen LogP contribution in [0.2, 0.25) is 5.02 Å². The maximum atomic E-state index is 13.2. The van der Waals surface area contributed by atoms with Crippen molar-refractivity contribution in [1.82, 2.24) is 5.32 Å². The van der Waals surface area contributed by atoms with Crippen LogP contribution < -0.4 is 16.0 Å². The number of amides is 3. The van der Waals surface area contributed by atoms with E-state index in [4.69, 9.17) is 11.6 Å². The molecule has 0 aromatic heterocycles. The van der Waals surface area contributed by atoms with Crippen molar-refractivity contribution < 1.29 is 19.7 Å². The van der Waals surface area contributed by atoms with Gasteiger partial charge in [-0.3, -0.25) is 19.7 Å². The van der Waals surface area contributed by atoms with Crippen LogP contribution in [-0.4, -0.2) is 23.8 Å². The fraction of sp³-hybridized carbons (Fsp3) is 0.286. The van der Waals surface area contributed by atoms with Crippen LogP contribution in [0, 0.1) is 18.8 Å². The van der Waals surface area contributed by atoms with Crippen molar-refractivity contribution in [2.45, 2.75) is 24.9 Å². The van der Waals surface area contributed by atoms with Crippen LogP contribution in [0.1, 0.15) is 16.7 Å². The normalized spacial score (nSPS) is 30.4. The number of quaternary nitrogens is 1. The van der Waals surface area contributed by atoms with Gasteiger partial charge in [0.25, 0.3) is 5.91 Å². The minimum absolute atomic E-state index is 0.216. The molecule has 0 bridgehead atoms. The lowest BCUT2D eigenvalue weighted by Gasteiger charge is -2.24. The maximum Gasteiger partial charge on any atom is 0.291 e. The molecule has 28 heavy (non-hydrogen) atoms. The largest absolute Gasteiger partial charge is 0.326 e. The number of hydrogen-bond donors (Lipinski definition) is 3. The van der Waals surface area contributed by atoms with Gasteiger partial charge in [0, 0.05) is 17.0 Å². The minimum atomic E-state index is -1.15. The molecule has 0 saturated carbocycles. The highest BCUT2D eigenvalue weighted by Crippen LogP contribution is 2.49. The van der Waals surface area contributed by atoms with E-state index in [-0.39, 0.29) is 23.8 Å². The number of halogens is 1. The van der Waals surface area contributed by atoms with Crippen LogP contribution in [0.15, 0.2) is 42.5 Å². The van der Waals surface area contributed by atoms with Crippen LogP contribution in [0.3, 0.4) is 0 Å². The van der Waals surface area contributed by atoms with E-state index in [2.05, 4.69) is 10.6 Å². The molecule has 2 fully saturated rings. The number of hydrogen-bond acceptors (Lipinski definition) is 3. The smallest absolute Gasteiger partial charge is 0.291 e. The quantitative estimate of drug-likeness (QED) is 0.658. The van der Waals surface area contributed by atoms with E-state index in [1.54, 1.807) is 12.1 Å². The predicted octanol–water partition coefficient (Wildman–Crippen LogP) is 0.873. The molecule has 142 valence electrons. The molecule has 4 atom stereocenters. The van der Waals surface area contributed by atoms with Crippen molar-refractivity contribution in [3.8, 4) is 0 Å². The van der Waals surface area contributed by atoms with E-state index in [0.29, 0.717) is 17.1 Å². The summed E-state index contributed by atoms with van der Waals surface area (Å²) in [5, 5.41) is 7.87. The molecule has 0 aliphatic carbocycles. The molecular formula is C21H19ClN3O3+. The van der Waals surface area contributed by atoms with Crippen LogP contribution in [0.5, 0.6) is 0 Å². The number of anilines is 1. The molecule has 1 spiro atoms. The van der Waals surface area contributed by atoms with Crippen molar-refractivity contribution in [3.05, 3.63) is 64.2 Å². The van der Waals surface area contributed by atoms with Gasteiger partial charge in [-0.2, -0.15) is 0 Å². The lowest BCUT2D eigenvalue weighted by Crippen LogP contribution is -2.99. The average Bonchev–Trinajstić information content (AvgIpc) is 3.26. The van der Waals surface area contributed by atoms with E-state index in [1.807, 2.05) is 42.6 Å². The minimum Gasteiger partial charge on any atom is -0.326 e. The number of imide groups is 1. The Bertz CT molecular complexity index is 1040. The molecule has 3 heterocycles. The van der Waals surface area contributed by atoms with Gasteiger partial charge < -0.3 is 10.6 Å². The summed E-state index contributed by atoms with van der Waals surface area (Å²) >= 11 is 6.24. The molecule has 0 unspecified atom stereocenters. The first-order valence-corrected chi connectivity index (χ1v) is 9.67. The monoisotopic (exact) mass is 396 g/mol. The summed E-state index contributed by atoms with van der Waals surface area (Å²) in [6.07, 6.45) is 0.597. The van der Waals surface area contributed by atoms with E-state index >= 15 is 0 Å². The fourth-order valence-electron chi connectivity index (χ4n) is 5.15. The average molecular weight is 397 g/mol. The molecule has 3 aliphatic rings.